The Bertz CT molecular complexity index is 469. The summed E-state index contributed by atoms with van der Waals surface area (Å²) in [5, 5.41) is 12.2. The molecule has 102 valence electrons. The Balaban J connectivity index is 1.97. The highest BCUT2D eigenvalue weighted by Crippen LogP contribution is 2.26. The zero-order chi connectivity index (χ0) is 13.7. The average Bonchev–Trinajstić information content (AvgIpc) is 2.94. The summed E-state index contributed by atoms with van der Waals surface area (Å²) in [6.45, 7) is 2.08. The highest BCUT2D eigenvalue weighted by molar-refractivity contribution is 7.14. The molecule has 1 N–H and O–H groups in total. The number of hydrogen-bond donors (Lipinski definition) is 1. The van der Waals surface area contributed by atoms with Gasteiger partial charge in [-0.05, 0) is 37.3 Å². The van der Waals surface area contributed by atoms with Gasteiger partial charge in [0.05, 0.1) is 10.9 Å². The maximum atomic E-state index is 12.1. The number of nitrogens with one attached hydrogen (secondary N) is 1. The van der Waals surface area contributed by atoms with Crippen molar-refractivity contribution in [2.24, 2.45) is 5.92 Å². The van der Waals surface area contributed by atoms with Gasteiger partial charge in [-0.2, -0.15) is 5.26 Å². The summed E-state index contributed by atoms with van der Waals surface area (Å²) in [7, 11) is 0. The van der Waals surface area contributed by atoms with E-state index in [1.54, 1.807) is 0 Å². The molecule has 3 nitrogen and oxygen atoms in total. The van der Waals surface area contributed by atoms with E-state index in [9.17, 15) is 10.1 Å². The molecule has 2 rings (SSSR count). The molecule has 1 aliphatic rings. The third kappa shape index (κ3) is 3.57. The number of hydrogen-bond acceptors (Lipinski definition) is 3. The van der Waals surface area contributed by atoms with E-state index >= 15 is 0 Å². The van der Waals surface area contributed by atoms with E-state index in [0.29, 0.717) is 10.8 Å². The summed E-state index contributed by atoms with van der Waals surface area (Å²) in [5.41, 5.74) is 0. The Morgan fingerprint density at radius 1 is 1.47 bits per heavy atom. The first kappa shape index (κ1) is 14.1. The van der Waals surface area contributed by atoms with Gasteiger partial charge in [-0.25, -0.2) is 0 Å². The lowest BCUT2D eigenvalue weighted by molar-refractivity contribution is 0.0933. The van der Waals surface area contributed by atoms with Crippen LogP contribution in [0.1, 0.15) is 53.6 Å². The van der Waals surface area contributed by atoms with Crippen molar-refractivity contribution in [1.29, 1.82) is 5.26 Å². The Morgan fingerprint density at radius 2 is 2.21 bits per heavy atom. The minimum absolute atomic E-state index is 0.0955. The SMILES string of the molecule is CCc1ccc(C(=O)NC(C#N)C2CCCCC2)s1. The number of nitrogens with zero attached hydrogens (tertiary/aromatic N) is 1. The van der Waals surface area contributed by atoms with Crippen LogP contribution in [-0.2, 0) is 6.42 Å². The summed E-state index contributed by atoms with van der Waals surface area (Å²) in [6, 6.07) is 5.78. The van der Waals surface area contributed by atoms with Gasteiger partial charge in [-0.15, -0.1) is 11.3 Å². The van der Waals surface area contributed by atoms with Gasteiger partial charge in [0.1, 0.15) is 6.04 Å². The van der Waals surface area contributed by atoms with E-state index in [2.05, 4.69) is 18.3 Å². The molecule has 1 aromatic rings. The summed E-state index contributed by atoms with van der Waals surface area (Å²) >= 11 is 1.52. The van der Waals surface area contributed by atoms with Gasteiger partial charge in [0, 0.05) is 4.88 Å². The van der Waals surface area contributed by atoms with Crippen LogP contribution in [0.3, 0.4) is 0 Å². The second kappa shape index (κ2) is 6.72. The van der Waals surface area contributed by atoms with Crippen molar-refractivity contribution in [2.75, 3.05) is 0 Å². The fourth-order valence-corrected chi connectivity index (χ4v) is 3.48. The minimum atomic E-state index is -0.333. The van der Waals surface area contributed by atoms with Crippen molar-refractivity contribution in [2.45, 2.75) is 51.5 Å². The lowest BCUT2D eigenvalue weighted by Crippen LogP contribution is -2.39. The van der Waals surface area contributed by atoms with Crippen LogP contribution in [0.25, 0.3) is 0 Å². The molecule has 1 aromatic heterocycles. The predicted molar refractivity (Wildman–Crippen MR) is 77.1 cm³/mol. The van der Waals surface area contributed by atoms with Crippen LogP contribution in [0.2, 0.25) is 0 Å². The molecule has 4 heteroatoms. The Kier molecular flexibility index (Phi) is 4.98. The molecule has 1 fully saturated rings. The van der Waals surface area contributed by atoms with Crippen molar-refractivity contribution in [1.82, 2.24) is 5.32 Å². The second-order valence-electron chi connectivity index (χ2n) is 5.10. The summed E-state index contributed by atoms with van der Waals surface area (Å²) in [5.74, 6) is 0.232. The van der Waals surface area contributed by atoms with Gasteiger partial charge in [-0.1, -0.05) is 26.2 Å². The smallest absolute Gasteiger partial charge is 0.262 e. The van der Waals surface area contributed by atoms with E-state index in [1.165, 1.54) is 35.5 Å². The molecule has 1 heterocycles. The molecular formula is C15H20N2OS. The molecule has 1 saturated carbocycles. The zero-order valence-corrected chi connectivity index (χ0v) is 12.1. The number of aryl methyl sites for hydroxylation is 1. The van der Waals surface area contributed by atoms with E-state index < -0.39 is 0 Å². The van der Waals surface area contributed by atoms with E-state index in [1.807, 2.05) is 12.1 Å². The number of carbonyl (C=O) groups is 1. The molecular weight excluding hydrogens is 256 g/mol. The highest BCUT2D eigenvalue weighted by Gasteiger charge is 2.25. The summed E-state index contributed by atoms with van der Waals surface area (Å²) in [4.78, 5) is 14.1. The number of rotatable bonds is 4. The standard InChI is InChI=1S/C15H20N2OS/c1-2-12-8-9-14(19-12)15(18)17-13(10-16)11-6-4-3-5-7-11/h8-9,11,13H,2-7H2,1H3,(H,17,18). The molecule has 0 aromatic carbocycles. The van der Waals surface area contributed by atoms with Crippen molar-refractivity contribution < 1.29 is 4.79 Å². The van der Waals surface area contributed by atoms with E-state index in [-0.39, 0.29) is 11.9 Å². The van der Waals surface area contributed by atoms with Crippen molar-refractivity contribution >= 4 is 17.2 Å². The second-order valence-corrected chi connectivity index (χ2v) is 6.27. The number of amides is 1. The lowest BCUT2D eigenvalue weighted by Gasteiger charge is -2.26. The van der Waals surface area contributed by atoms with Crippen LogP contribution >= 0.6 is 11.3 Å². The van der Waals surface area contributed by atoms with Gasteiger partial charge in [0.15, 0.2) is 0 Å². The van der Waals surface area contributed by atoms with Crippen molar-refractivity contribution in [3.8, 4) is 6.07 Å². The average molecular weight is 276 g/mol. The molecule has 0 spiro atoms. The van der Waals surface area contributed by atoms with Crippen LogP contribution in [0.15, 0.2) is 12.1 Å². The largest absolute Gasteiger partial charge is 0.335 e. The molecule has 0 radical (unpaired) electrons. The molecule has 0 aliphatic heterocycles. The van der Waals surface area contributed by atoms with Crippen LogP contribution in [-0.4, -0.2) is 11.9 Å². The molecule has 1 aliphatic carbocycles. The van der Waals surface area contributed by atoms with Crippen LogP contribution in [0.5, 0.6) is 0 Å². The maximum absolute atomic E-state index is 12.1. The highest BCUT2D eigenvalue weighted by atomic mass is 32.1. The monoisotopic (exact) mass is 276 g/mol. The quantitative estimate of drug-likeness (QED) is 0.915. The normalized spacial score (nSPS) is 17.7. The fourth-order valence-electron chi connectivity index (χ4n) is 2.63. The third-order valence-corrected chi connectivity index (χ3v) is 5.01. The van der Waals surface area contributed by atoms with Crippen molar-refractivity contribution in [3.05, 3.63) is 21.9 Å². The number of thiophene rings is 1. The van der Waals surface area contributed by atoms with E-state index in [0.717, 1.165) is 19.3 Å². The fraction of sp³-hybridized carbons (Fsp3) is 0.600. The number of carbonyl (C=O) groups excluding carboxylic acids is 1. The Morgan fingerprint density at radius 3 is 2.79 bits per heavy atom. The van der Waals surface area contributed by atoms with Gasteiger partial charge in [0.2, 0.25) is 0 Å². The van der Waals surface area contributed by atoms with Crippen LogP contribution < -0.4 is 5.32 Å². The molecule has 0 bridgehead atoms. The Hall–Kier alpha value is -1.34. The van der Waals surface area contributed by atoms with Crippen LogP contribution in [0.4, 0.5) is 0 Å². The summed E-state index contributed by atoms with van der Waals surface area (Å²) < 4.78 is 0. The van der Waals surface area contributed by atoms with Crippen molar-refractivity contribution in [3.63, 3.8) is 0 Å². The molecule has 19 heavy (non-hydrogen) atoms. The molecule has 0 saturated heterocycles. The van der Waals surface area contributed by atoms with Gasteiger partial charge in [-0.3, -0.25) is 4.79 Å². The van der Waals surface area contributed by atoms with Gasteiger partial charge < -0.3 is 5.32 Å². The van der Waals surface area contributed by atoms with Gasteiger partial charge in [0.25, 0.3) is 5.91 Å². The third-order valence-electron chi connectivity index (χ3n) is 3.78. The zero-order valence-electron chi connectivity index (χ0n) is 11.3. The topological polar surface area (TPSA) is 52.9 Å². The molecule has 1 unspecified atom stereocenters. The number of nitriles is 1. The first-order valence-electron chi connectivity index (χ1n) is 7.03. The molecule has 1 amide bonds. The van der Waals surface area contributed by atoms with Crippen LogP contribution in [0, 0.1) is 17.2 Å². The van der Waals surface area contributed by atoms with Gasteiger partial charge >= 0.3 is 0 Å². The first-order chi connectivity index (χ1) is 9.24. The minimum Gasteiger partial charge on any atom is -0.335 e. The summed E-state index contributed by atoms with van der Waals surface area (Å²) in [6.07, 6.45) is 6.68. The Labute approximate surface area is 118 Å². The van der Waals surface area contributed by atoms with E-state index in [4.69, 9.17) is 0 Å². The lowest BCUT2D eigenvalue weighted by atomic mass is 9.84. The predicted octanol–water partition coefficient (Wildman–Crippen LogP) is 3.51. The maximum Gasteiger partial charge on any atom is 0.262 e. The first-order valence-corrected chi connectivity index (χ1v) is 7.85. The molecule has 1 atom stereocenters.